The Morgan fingerprint density at radius 1 is 1.05 bits per heavy atom. The molecule has 0 saturated heterocycles. The zero-order chi connectivity index (χ0) is 15.9. The minimum atomic E-state index is 0.619. The van der Waals surface area contributed by atoms with Gasteiger partial charge in [0.25, 0.3) is 0 Å². The lowest BCUT2D eigenvalue weighted by atomic mass is 10.1. The zero-order valence-corrected chi connectivity index (χ0v) is 13.4. The van der Waals surface area contributed by atoms with Crippen molar-refractivity contribution in [3.8, 4) is 11.5 Å². The quantitative estimate of drug-likeness (QED) is 0.819. The lowest BCUT2D eigenvalue weighted by molar-refractivity contribution is 0.354. The Balaban J connectivity index is 1.97. The Hall–Kier alpha value is -2.50. The molecule has 0 spiro atoms. The molecule has 1 aromatic carbocycles. The fraction of sp³-hybridized carbons (Fsp3) is 0.375. The van der Waals surface area contributed by atoms with Crippen LogP contribution in [0.5, 0.6) is 11.5 Å². The van der Waals surface area contributed by atoms with Gasteiger partial charge < -0.3 is 20.1 Å². The van der Waals surface area contributed by atoms with Crippen molar-refractivity contribution in [2.75, 3.05) is 38.4 Å². The Kier molecular flexibility index (Phi) is 5.41. The number of aryl methyl sites for hydroxylation is 1. The van der Waals surface area contributed by atoms with Crippen LogP contribution in [-0.2, 0) is 6.42 Å². The van der Waals surface area contributed by atoms with E-state index in [4.69, 9.17) is 9.47 Å². The van der Waals surface area contributed by atoms with E-state index >= 15 is 0 Å². The minimum Gasteiger partial charge on any atom is -0.493 e. The van der Waals surface area contributed by atoms with E-state index in [-0.39, 0.29) is 0 Å². The molecule has 6 heteroatoms. The van der Waals surface area contributed by atoms with Crippen LogP contribution in [0.2, 0.25) is 0 Å². The minimum absolute atomic E-state index is 0.619. The van der Waals surface area contributed by atoms with E-state index in [9.17, 15) is 0 Å². The van der Waals surface area contributed by atoms with Gasteiger partial charge in [-0.1, -0.05) is 6.07 Å². The summed E-state index contributed by atoms with van der Waals surface area (Å²) < 4.78 is 10.6. The summed E-state index contributed by atoms with van der Waals surface area (Å²) in [7, 11) is 5.08. The van der Waals surface area contributed by atoms with Crippen LogP contribution < -0.4 is 20.1 Å². The molecule has 118 valence electrons. The summed E-state index contributed by atoms with van der Waals surface area (Å²) in [6.45, 7) is 2.72. The third kappa shape index (κ3) is 4.00. The maximum absolute atomic E-state index is 5.31. The Morgan fingerprint density at radius 3 is 2.50 bits per heavy atom. The highest BCUT2D eigenvalue weighted by molar-refractivity contribution is 5.44. The zero-order valence-electron chi connectivity index (χ0n) is 13.4. The lowest BCUT2D eigenvalue weighted by Crippen LogP contribution is -2.09. The normalized spacial score (nSPS) is 10.2. The first-order valence-electron chi connectivity index (χ1n) is 7.14. The fourth-order valence-electron chi connectivity index (χ4n) is 2.14. The average Bonchev–Trinajstić information content (AvgIpc) is 2.54. The SMILES string of the molecule is CNc1nc(C)cc(NCCc2ccc(OC)c(OC)c2)n1. The third-order valence-electron chi connectivity index (χ3n) is 3.25. The van der Waals surface area contributed by atoms with Crippen LogP contribution in [-0.4, -0.2) is 37.8 Å². The van der Waals surface area contributed by atoms with Gasteiger partial charge in [-0.15, -0.1) is 0 Å². The van der Waals surface area contributed by atoms with Gasteiger partial charge in [0, 0.05) is 25.4 Å². The second-order valence-electron chi connectivity index (χ2n) is 4.83. The average molecular weight is 302 g/mol. The number of benzene rings is 1. The second-order valence-corrected chi connectivity index (χ2v) is 4.83. The molecule has 2 N–H and O–H groups in total. The summed E-state index contributed by atoms with van der Waals surface area (Å²) >= 11 is 0. The molecule has 2 rings (SSSR count). The highest BCUT2D eigenvalue weighted by Gasteiger charge is 2.05. The van der Waals surface area contributed by atoms with Crippen LogP contribution in [0.4, 0.5) is 11.8 Å². The molecular formula is C16H22N4O2. The number of hydrogen-bond donors (Lipinski definition) is 2. The molecule has 0 amide bonds. The number of nitrogens with one attached hydrogen (secondary N) is 2. The monoisotopic (exact) mass is 302 g/mol. The number of rotatable bonds is 7. The highest BCUT2D eigenvalue weighted by Crippen LogP contribution is 2.27. The van der Waals surface area contributed by atoms with Crippen LogP contribution in [0.15, 0.2) is 24.3 Å². The lowest BCUT2D eigenvalue weighted by Gasteiger charge is -2.11. The fourth-order valence-corrected chi connectivity index (χ4v) is 2.14. The van der Waals surface area contributed by atoms with E-state index < -0.39 is 0 Å². The van der Waals surface area contributed by atoms with Crippen molar-refractivity contribution in [1.29, 1.82) is 0 Å². The summed E-state index contributed by atoms with van der Waals surface area (Å²) in [5.41, 5.74) is 2.10. The van der Waals surface area contributed by atoms with Crippen molar-refractivity contribution in [3.05, 3.63) is 35.5 Å². The largest absolute Gasteiger partial charge is 0.493 e. The molecule has 0 unspecified atom stereocenters. The molecule has 0 atom stereocenters. The van der Waals surface area contributed by atoms with E-state index in [1.165, 1.54) is 5.56 Å². The number of nitrogens with zero attached hydrogens (tertiary/aromatic N) is 2. The standard InChI is InChI=1S/C16H22N4O2/c1-11-9-15(20-16(17-2)19-11)18-8-7-12-5-6-13(21-3)14(10-12)22-4/h5-6,9-10H,7-8H2,1-4H3,(H2,17,18,19,20). The topological polar surface area (TPSA) is 68.3 Å². The van der Waals surface area contributed by atoms with Gasteiger partial charge >= 0.3 is 0 Å². The molecule has 6 nitrogen and oxygen atoms in total. The van der Waals surface area contributed by atoms with Gasteiger partial charge in [0.05, 0.1) is 14.2 Å². The van der Waals surface area contributed by atoms with Gasteiger partial charge in [-0.05, 0) is 31.0 Å². The van der Waals surface area contributed by atoms with Gasteiger partial charge in [0.1, 0.15) is 5.82 Å². The Bertz CT molecular complexity index is 632. The summed E-state index contributed by atoms with van der Waals surface area (Å²) in [6, 6.07) is 7.87. The summed E-state index contributed by atoms with van der Waals surface area (Å²) in [4.78, 5) is 8.63. The maximum Gasteiger partial charge on any atom is 0.224 e. The van der Waals surface area contributed by atoms with Gasteiger partial charge in [0.2, 0.25) is 5.95 Å². The third-order valence-corrected chi connectivity index (χ3v) is 3.25. The summed E-state index contributed by atoms with van der Waals surface area (Å²) in [6.07, 6.45) is 0.859. The van der Waals surface area contributed by atoms with Crippen LogP contribution in [0.25, 0.3) is 0 Å². The molecule has 0 aliphatic rings. The molecule has 0 aliphatic carbocycles. The molecule has 22 heavy (non-hydrogen) atoms. The Morgan fingerprint density at radius 2 is 1.82 bits per heavy atom. The van der Waals surface area contributed by atoms with Crippen molar-refractivity contribution >= 4 is 11.8 Å². The molecule has 1 aromatic heterocycles. The molecule has 0 aliphatic heterocycles. The van der Waals surface area contributed by atoms with Crippen LogP contribution >= 0.6 is 0 Å². The Labute approximate surface area is 130 Å². The first kappa shape index (κ1) is 15.9. The molecule has 0 radical (unpaired) electrons. The maximum atomic E-state index is 5.31. The van der Waals surface area contributed by atoms with Crippen LogP contribution in [0, 0.1) is 6.92 Å². The summed E-state index contributed by atoms with van der Waals surface area (Å²) in [5.74, 6) is 2.92. The van der Waals surface area contributed by atoms with Gasteiger partial charge in [0.15, 0.2) is 11.5 Å². The number of aromatic nitrogens is 2. The van der Waals surface area contributed by atoms with E-state index in [0.29, 0.717) is 5.95 Å². The molecule has 0 fully saturated rings. The first-order chi connectivity index (χ1) is 10.7. The van der Waals surface area contributed by atoms with E-state index in [0.717, 1.165) is 36.0 Å². The van der Waals surface area contributed by atoms with Crippen molar-refractivity contribution in [2.45, 2.75) is 13.3 Å². The molecule has 0 saturated carbocycles. The van der Waals surface area contributed by atoms with Crippen molar-refractivity contribution in [2.24, 2.45) is 0 Å². The van der Waals surface area contributed by atoms with Crippen molar-refractivity contribution < 1.29 is 9.47 Å². The predicted octanol–water partition coefficient (Wildman–Crippen LogP) is 2.50. The number of anilines is 2. The van der Waals surface area contributed by atoms with Crippen molar-refractivity contribution in [3.63, 3.8) is 0 Å². The molecular weight excluding hydrogens is 280 g/mol. The number of methoxy groups -OCH3 is 2. The molecule has 0 bridgehead atoms. The number of ether oxygens (including phenoxy) is 2. The van der Waals surface area contributed by atoms with E-state index in [2.05, 4.69) is 20.6 Å². The molecule has 2 aromatic rings. The van der Waals surface area contributed by atoms with Crippen LogP contribution in [0.1, 0.15) is 11.3 Å². The van der Waals surface area contributed by atoms with E-state index in [1.807, 2.05) is 38.2 Å². The van der Waals surface area contributed by atoms with Gasteiger partial charge in [-0.2, -0.15) is 4.98 Å². The van der Waals surface area contributed by atoms with Gasteiger partial charge in [-0.3, -0.25) is 0 Å². The predicted molar refractivity (Wildman–Crippen MR) is 88.1 cm³/mol. The van der Waals surface area contributed by atoms with E-state index in [1.54, 1.807) is 14.2 Å². The van der Waals surface area contributed by atoms with Gasteiger partial charge in [-0.25, -0.2) is 4.98 Å². The number of hydrogen-bond acceptors (Lipinski definition) is 6. The second kappa shape index (κ2) is 7.49. The smallest absolute Gasteiger partial charge is 0.224 e. The molecule has 1 heterocycles. The first-order valence-corrected chi connectivity index (χ1v) is 7.14. The summed E-state index contributed by atoms with van der Waals surface area (Å²) in [5, 5.41) is 6.26. The van der Waals surface area contributed by atoms with Crippen molar-refractivity contribution in [1.82, 2.24) is 9.97 Å². The highest BCUT2D eigenvalue weighted by atomic mass is 16.5. The van der Waals surface area contributed by atoms with Crippen LogP contribution in [0.3, 0.4) is 0 Å².